The summed E-state index contributed by atoms with van der Waals surface area (Å²) in [6.07, 6.45) is 1.46. The molecule has 6 nitrogen and oxygen atoms in total. The maximum absolute atomic E-state index is 12.2. The van der Waals surface area contributed by atoms with Gasteiger partial charge in [-0.15, -0.1) is 0 Å². The van der Waals surface area contributed by atoms with E-state index in [2.05, 4.69) is 24.1 Å². The van der Waals surface area contributed by atoms with Gasteiger partial charge in [0, 0.05) is 49.2 Å². The minimum atomic E-state index is -0.224. The van der Waals surface area contributed by atoms with Gasteiger partial charge < -0.3 is 19.9 Å². The van der Waals surface area contributed by atoms with Crippen LogP contribution < -0.4 is 19.9 Å². The number of anilines is 3. The fourth-order valence-electron chi connectivity index (χ4n) is 3.35. The number of hydrogen-bond acceptors (Lipinski definition) is 4. The summed E-state index contributed by atoms with van der Waals surface area (Å²) in [5.41, 5.74) is 2.68. The van der Waals surface area contributed by atoms with Gasteiger partial charge in [0.05, 0.1) is 0 Å². The van der Waals surface area contributed by atoms with Crippen molar-refractivity contribution in [3.63, 3.8) is 0 Å². The van der Waals surface area contributed by atoms with Gasteiger partial charge >= 0.3 is 0 Å². The van der Waals surface area contributed by atoms with E-state index in [0.29, 0.717) is 12.2 Å². The molecule has 148 valence electrons. The van der Waals surface area contributed by atoms with Gasteiger partial charge in [-0.1, -0.05) is 6.07 Å². The summed E-state index contributed by atoms with van der Waals surface area (Å²) in [6, 6.07) is 15.1. The van der Waals surface area contributed by atoms with E-state index in [1.54, 1.807) is 17.0 Å². The van der Waals surface area contributed by atoms with Gasteiger partial charge in [-0.2, -0.15) is 0 Å². The maximum atomic E-state index is 12.2. The molecular formula is C22H27N3O3. The van der Waals surface area contributed by atoms with Crippen LogP contribution in [0.4, 0.5) is 17.1 Å². The first kappa shape index (κ1) is 19.7. The van der Waals surface area contributed by atoms with Crippen molar-refractivity contribution in [1.29, 1.82) is 0 Å². The Morgan fingerprint density at radius 3 is 2.54 bits per heavy atom. The molecule has 28 heavy (non-hydrogen) atoms. The van der Waals surface area contributed by atoms with Gasteiger partial charge in [-0.3, -0.25) is 9.59 Å². The summed E-state index contributed by atoms with van der Waals surface area (Å²) >= 11 is 0. The summed E-state index contributed by atoms with van der Waals surface area (Å²) in [5, 5.41) is 2.84. The zero-order valence-electron chi connectivity index (χ0n) is 16.5. The molecule has 2 aromatic rings. The lowest BCUT2D eigenvalue weighted by atomic mass is 10.2. The largest absolute Gasteiger partial charge is 0.484 e. The predicted molar refractivity (Wildman–Crippen MR) is 112 cm³/mol. The fraction of sp³-hybridized carbons (Fsp3) is 0.364. The molecule has 3 rings (SSSR count). The van der Waals surface area contributed by atoms with Crippen LogP contribution in [0, 0.1) is 0 Å². The topological polar surface area (TPSA) is 61.9 Å². The Labute approximate surface area is 166 Å². The number of nitrogens with one attached hydrogen (secondary N) is 1. The van der Waals surface area contributed by atoms with Crippen LogP contribution in [0.5, 0.6) is 5.75 Å². The van der Waals surface area contributed by atoms with E-state index in [-0.39, 0.29) is 18.4 Å². The normalized spacial score (nSPS) is 13.5. The number of benzene rings is 2. The highest BCUT2D eigenvalue weighted by molar-refractivity contribution is 5.95. The van der Waals surface area contributed by atoms with Gasteiger partial charge in [0.2, 0.25) is 5.91 Å². The molecule has 0 bridgehead atoms. The van der Waals surface area contributed by atoms with Gasteiger partial charge in [-0.05, 0) is 56.7 Å². The molecule has 0 unspecified atom stereocenters. The van der Waals surface area contributed by atoms with Crippen molar-refractivity contribution in [3.8, 4) is 5.75 Å². The smallest absolute Gasteiger partial charge is 0.262 e. The van der Waals surface area contributed by atoms with Crippen LogP contribution in [0.1, 0.15) is 26.7 Å². The predicted octanol–water partition coefficient (Wildman–Crippen LogP) is 3.68. The van der Waals surface area contributed by atoms with Crippen LogP contribution in [-0.2, 0) is 9.59 Å². The number of carbonyl (C=O) groups is 2. The molecule has 0 spiro atoms. The Balaban J connectivity index is 1.54. The van der Waals surface area contributed by atoms with Crippen molar-refractivity contribution in [2.24, 2.45) is 0 Å². The first-order valence-electron chi connectivity index (χ1n) is 9.78. The molecule has 6 heteroatoms. The van der Waals surface area contributed by atoms with Gasteiger partial charge in [-0.25, -0.2) is 0 Å². The van der Waals surface area contributed by atoms with Gasteiger partial charge in [0.1, 0.15) is 5.75 Å². The maximum Gasteiger partial charge on any atom is 0.262 e. The number of amides is 2. The van der Waals surface area contributed by atoms with Crippen LogP contribution >= 0.6 is 0 Å². The van der Waals surface area contributed by atoms with E-state index < -0.39 is 0 Å². The highest BCUT2D eigenvalue weighted by Crippen LogP contribution is 2.25. The minimum Gasteiger partial charge on any atom is -0.484 e. The molecule has 1 N–H and O–H groups in total. The molecule has 0 atom stereocenters. The molecule has 1 saturated heterocycles. The Bertz CT molecular complexity index is 816. The minimum absolute atomic E-state index is 0.0881. The van der Waals surface area contributed by atoms with Crippen LogP contribution in [0.15, 0.2) is 48.5 Å². The third kappa shape index (κ3) is 4.82. The van der Waals surface area contributed by atoms with Gasteiger partial charge in [0.15, 0.2) is 6.61 Å². The van der Waals surface area contributed by atoms with E-state index >= 15 is 0 Å². The third-order valence-corrected chi connectivity index (χ3v) is 4.85. The molecule has 1 aliphatic heterocycles. The lowest BCUT2D eigenvalue weighted by Crippen LogP contribution is -2.24. The van der Waals surface area contributed by atoms with Crippen molar-refractivity contribution in [3.05, 3.63) is 48.5 Å². The molecule has 1 fully saturated rings. The second kappa shape index (κ2) is 9.26. The van der Waals surface area contributed by atoms with Crippen LogP contribution in [0.3, 0.4) is 0 Å². The SMILES string of the molecule is CCN(CC)c1ccc(NC(=O)COc2cccc(N3CCCC3=O)c2)cc1. The molecule has 2 amide bonds. The Kier molecular flexibility index (Phi) is 6.53. The summed E-state index contributed by atoms with van der Waals surface area (Å²) in [4.78, 5) is 28.1. The van der Waals surface area contributed by atoms with Crippen LogP contribution in [-0.4, -0.2) is 38.1 Å². The third-order valence-electron chi connectivity index (χ3n) is 4.85. The summed E-state index contributed by atoms with van der Waals surface area (Å²) in [6.45, 7) is 6.76. The van der Waals surface area contributed by atoms with E-state index in [1.165, 1.54) is 0 Å². The standard InChI is InChI=1S/C22H27N3O3/c1-3-24(4-2)18-12-10-17(11-13-18)23-21(26)16-28-20-8-5-7-19(15-20)25-14-6-9-22(25)27/h5,7-8,10-13,15H,3-4,6,9,14,16H2,1-2H3,(H,23,26). The Hall–Kier alpha value is -3.02. The second-order valence-electron chi connectivity index (χ2n) is 6.70. The first-order chi connectivity index (χ1) is 13.6. The number of rotatable bonds is 8. The number of ether oxygens (including phenoxy) is 1. The molecule has 0 aromatic heterocycles. The molecule has 1 aliphatic rings. The summed E-state index contributed by atoms with van der Waals surface area (Å²) in [5.74, 6) is 0.477. The second-order valence-corrected chi connectivity index (χ2v) is 6.70. The molecule has 0 aliphatic carbocycles. The number of hydrogen-bond donors (Lipinski definition) is 1. The molecule has 1 heterocycles. The molecule has 2 aromatic carbocycles. The quantitative estimate of drug-likeness (QED) is 0.758. The zero-order valence-corrected chi connectivity index (χ0v) is 16.5. The summed E-state index contributed by atoms with van der Waals surface area (Å²) < 4.78 is 5.61. The highest BCUT2D eigenvalue weighted by Gasteiger charge is 2.21. The monoisotopic (exact) mass is 381 g/mol. The van der Waals surface area contributed by atoms with Crippen molar-refractivity contribution in [2.45, 2.75) is 26.7 Å². The average Bonchev–Trinajstić information content (AvgIpc) is 3.15. The Morgan fingerprint density at radius 2 is 1.89 bits per heavy atom. The molecule has 0 radical (unpaired) electrons. The van der Waals surface area contributed by atoms with E-state index in [0.717, 1.165) is 43.1 Å². The summed E-state index contributed by atoms with van der Waals surface area (Å²) in [7, 11) is 0. The number of carbonyl (C=O) groups excluding carboxylic acids is 2. The lowest BCUT2D eigenvalue weighted by Gasteiger charge is -2.21. The van der Waals surface area contributed by atoms with Crippen LogP contribution in [0.2, 0.25) is 0 Å². The van der Waals surface area contributed by atoms with E-state index in [4.69, 9.17) is 4.74 Å². The van der Waals surface area contributed by atoms with Crippen molar-refractivity contribution >= 4 is 28.9 Å². The molecular weight excluding hydrogens is 354 g/mol. The number of nitrogens with zero attached hydrogens (tertiary/aromatic N) is 2. The zero-order chi connectivity index (χ0) is 19.9. The van der Waals surface area contributed by atoms with Crippen molar-refractivity contribution in [1.82, 2.24) is 0 Å². The Morgan fingerprint density at radius 1 is 1.14 bits per heavy atom. The molecule has 0 saturated carbocycles. The lowest BCUT2D eigenvalue weighted by molar-refractivity contribution is -0.118. The highest BCUT2D eigenvalue weighted by atomic mass is 16.5. The van der Waals surface area contributed by atoms with E-state index in [1.807, 2.05) is 36.4 Å². The van der Waals surface area contributed by atoms with Crippen molar-refractivity contribution < 1.29 is 14.3 Å². The van der Waals surface area contributed by atoms with E-state index in [9.17, 15) is 9.59 Å². The average molecular weight is 381 g/mol. The van der Waals surface area contributed by atoms with Crippen molar-refractivity contribution in [2.75, 3.05) is 41.4 Å². The first-order valence-corrected chi connectivity index (χ1v) is 9.78. The van der Waals surface area contributed by atoms with Gasteiger partial charge in [0.25, 0.3) is 5.91 Å². The van der Waals surface area contributed by atoms with Crippen LogP contribution in [0.25, 0.3) is 0 Å². The fourth-order valence-corrected chi connectivity index (χ4v) is 3.35.